The summed E-state index contributed by atoms with van der Waals surface area (Å²) in [4.78, 5) is 38.5. The molecule has 7 nitrogen and oxygen atoms in total. The van der Waals surface area contributed by atoms with E-state index in [1.165, 1.54) is 0 Å². The molecular weight excluding hydrogens is 274 g/mol. The molecule has 0 aliphatic carbocycles. The van der Waals surface area contributed by atoms with Gasteiger partial charge in [-0.1, -0.05) is 12.1 Å². The van der Waals surface area contributed by atoms with E-state index < -0.39 is 23.8 Å². The van der Waals surface area contributed by atoms with Gasteiger partial charge < -0.3 is 4.74 Å². The normalized spacial score (nSPS) is 16.5. The van der Waals surface area contributed by atoms with Gasteiger partial charge in [0, 0.05) is 5.71 Å². The number of hydrogen-bond donors (Lipinski definition) is 2. The lowest BCUT2D eigenvalue weighted by Gasteiger charge is -2.20. The molecule has 1 aromatic rings. The molecule has 0 unspecified atom stereocenters. The summed E-state index contributed by atoms with van der Waals surface area (Å²) in [5.74, 6) is -1.63. The maximum Gasteiger partial charge on any atom is 0.328 e. The van der Waals surface area contributed by atoms with Crippen LogP contribution in [0.15, 0.2) is 29.3 Å². The molecule has 110 valence electrons. The topological polar surface area (TPSA) is 96.9 Å². The number of benzene rings is 1. The molecule has 1 aliphatic heterocycles. The van der Waals surface area contributed by atoms with E-state index >= 15 is 0 Å². The van der Waals surface area contributed by atoms with Crippen molar-refractivity contribution in [1.29, 1.82) is 0 Å². The lowest BCUT2D eigenvalue weighted by molar-refractivity contribution is -0.132. The Morgan fingerprint density at radius 1 is 1.14 bits per heavy atom. The summed E-state index contributed by atoms with van der Waals surface area (Å²) in [5.41, 5.74) is 1.27. The number of carbonyl (C=O) groups excluding carboxylic acids is 3. The molecule has 0 bridgehead atoms. The summed E-state index contributed by atoms with van der Waals surface area (Å²) in [7, 11) is 1.58. The van der Waals surface area contributed by atoms with Crippen LogP contribution in [0.25, 0.3) is 0 Å². The molecule has 0 radical (unpaired) electrons. The summed E-state index contributed by atoms with van der Waals surface area (Å²) >= 11 is 0. The Kier molecular flexibility index (Phi) is 4.32. The van der Waals surface area contributed by atoms with E-state index in [4.69, 9.17) is 4.74 Å². The Labute approximate surface area is 121 Å². The van der Waals surface area contributed by atoms with E-state index in [1.54, 1.807) is 26.2 Å². The number of urea groups is 1. The van der Waals surface area contributed by atoms with Gasteiger partial charge in [-0.25, -0.2) is 4.79 Å². The molecule has 2 rings (SSSR count). The smallest absolute Gasteiger partial charge is 0.328 e. The van der Waals surface area contributed by atoms with E-state index in [-0.39, 0.29) is 0 Å². The lowest BCUT2D eigenvalue weighted by Crippen LogP contribution is -2.57. The lowest BCUT2D eigenvalue weighted by atomic mass is 10.0. The Morgan fingerprint density at radius 3 is 2.24 bits per heavy atom. The predicted octanol–water partition coefficient (Wildman–Crippen LogP) is 0.638. The van der Waals surface area contributed by atoms with Crippen LogP contribution in [0.1, 0.15) is 12.5 Å². The molecule has 1 aliphatic rings. The van der Waals surface area contributed by atoms with Crippen molar-refractivity contribution in [2.75, 3.05) is 7.11 Å². The van der Waals surface area contributed by atoms with Crippen LogP contribution in [0.2, 0.25) is 0 Å². The first kappa shape index (κ1) is 14.7. The number of hydrogen-bond acceptors (Lipinski definition) is 5. The van der Waals surface area contributed by atoms with E-state index in [2.05, 4.69) is 4.99 Å². The molecule has 1 fully saturated rings. The number of methoxy groups -OCH3 is 1. The van der Waals surface area contributed by atoms with Crippen LogP contribution < -0.4 is 15.4 Å². The van der Waals surface area contributed by atoms with E-state index in [0.29, 0.717) is 12.3 Å². The Balaban J connectivity index is 2.07. The molecule has 7 heteroatoms. The maximum atomic E-state index is 11.7. The van der Waals surface area contributed by atoms with E-state index in [9.17, 15) is 14.4 Å². The first-order valence-electron chi connectivity index (χ1n) is 6.31. The first-order chi connectivity index (χ1) is 10.0. The number of carbonyl (C=O) groups is 3. The quantitative estimate of drug-likeness (QED) is 0.628. The minimum absolute atomic E-state index is 0.334. The van der Waals surface area contributed by atoms with Crippen molar-refractivity contribution in [3.05, 3.63) is 29.8 Å². The first-order valence-corrected chi connectivity index (χ1v) is 6.31. The highest BCUT2D eigenvalue weighted by Crippen LogP contribution is 2.13. The largest absolute Gasteiger partial charge is 0.497 e. The number of barbiturate groups is 1. The second-order valence-electron chi connectivity index (χ2n) is 4.55. The molecule has 0 aromatic heterocycles. The minimum Gasteiger partial charge on any atom is -0.497 e. The SMILES string of the molecule is COc1ccc(CN=C(C)C2C(=O)NC(=O)NC2=O)cc1. The van der Waals surface area contributed by atoms with Crippen LogP contribution in [0, 0.1) is 5.92 Å². The van der Waals surface area contributed by atoms with Gasteiger partial charge in [-0.2, -0.15) is 0 Å². The molecule has 1 heterocycles. The Morgan fingerprint density at radius 2 is 1.71 bits per heavy atom. The van der Waals surface area contributed by atoms with Gasteiger partial charge in [-0.15, -0.1) is 0 Å². The van der Waals surface area contributed by atoms with Crippen molar-refractivity contribution in [3.63, 3.8) is 0 Å². The van der Waals surface area contributed by atoms with Crippen LogP contribution in [0.4, 0.5) is 4.79 Å². The standard InChI is InChI=1S/C14H15N3O4/c1-8(11-12(18)16-14(20)17-13(11)19)15-7-9-3-5-10(21-2)6-4-9/h3-6,11H,7H2,1-2H3,(H2,16,17,18,19,20). The van der Waals surface area contributed by atoms with Crippen molar-refractivity contribution in [3.8, 4) is 5.75 Å². The number of ether oxygens (including phenoxy) is 1. The molecule has 0 saturated carbocycles. The molecular formula is C14H15N3O4. The molecule has 1 aromatic carbocycles. The molecule has 21 heavy (non-hydrogen) atoms. The molecule has 0 atom stereocenters. The van der Waals surface area contributed by atoms with Crippen molar-refractivity contribution in [1.82, 2.24) is 10.6 Å². The second kappa shape index (κ2) is 6.17. The Hall–Kier alpha value is -2.70. The number of imide groups is 2. The van der Waals surface area contributed by atoms with Crippen molar-refractivity contribution in [2.24, 2.45) is 10.9 Å². The monoisotopic (exact) mass is 289 g/mol. The summed E-state index contributed by atoms with van der Waals surface area (Å²) in [6.45, 7) is 1.92. The third-order valence-corrected chi connectivity index (χ3v) is 3.09. The molecule has 4 amide bonds. The van der Waals surface area contributed by atoms with Crippen LogP contribution in [-0.4, -0.2) is 30.7 Å². The molecule has 0 spiro atoms. The van der Waals surface area contributed by atoms with E-state index in [0.717, 1.165) is 11.3 Å². The summed E-state index contributed by atoms with van der Waals surface area (Å²) < 4.78 is 5.05. The zero-order valence-corrected chi connectivity index (χ0v) is 11.7. The highest BCUT2D eigenvalue weighted by molar-refractivity contribution is 6.27. The number of amides is 4. The number of nitrogens with zero attached hydrogens (tertiary/aromatic N) is 1. The van der Waals surface area contributed by atoms with Gasteiger partial charge >= 0.3 is 6.03 Å². The zero-order chi connectivity index (χ0) is 15.4. The van der Waals surface area contributed by atoms with Crippen molar-refractivity contribution >= 4 is 23.6 Å². The average molecular weight is 289 g/mol. The highest BCUT2D eigenvalue weighted by Gasteiger charge is 2.36. The predicted molar refractivity (Wildman–Crippen MR) is 75.0 cm³/mol. The summed E-state index contributed by atoms with van der Waals surface area (Å²) in [6, 6.07) is 6.50. The number of nitrogens with one attached hydrogen (secondary N) is 2. The second-order valence-corrected chi connectivity index (χ2v) is 4.55. The van der Waals surface area contributed by atoms with Gasteiger partial charge in [0.2, 0.25) is 11.8 Å². The van der Waals surface area contributed by atoms with Crippen LogP contribution in [0.3, 0.4) is 0 Å². The third-order valence-electron chi connectivity index (χ3n) is 3.09. The summed E-state index contributed by atoms with van der Waals surface area (Å²) in [5, 5.41) is 4.09. The Bertz CT molecular complexity index is 587. The zero-order valence-electron chi connectivity index (χ0n) is 11.7. The molecule has 1 saturated heterocycles. The van der Waals surface area contributed by atoms with Crippen molar-refractivity contribution in [2.45, 2.75) is 13.5 Å². The van der Waals surface area contributed by atoms with Gasteiger partial charge in [-0.3, -0.25) is 25.2 Å². The fourth-order valence-electron chi connectivity index (χ4n) is 1.94. The van der Waals surface area contributed by atoms with Crippen LogP contribution in [0.5, 0.6) is 5.75 Å². The van der Waals surface area contributed by atoms with E-state index in [1.807, 2.05) is 22.8 Å². The highest BCUT2D eigenvalue weighted by atomic mass is 16.5. The van der Waals surface area contributed by atoms with Gasteiger partial charge in [0.1, 0.15) is 5.75 Å². The third kappa shape index (κ3) is 3.44. The average Bonchev–Trinajstić information content (AvgIpc) is 2.44. The fraction of sp³-hybridized carbons (Fsp3) is 0.286. The summed E-state index contributed by atoms with van der Waals surface area (Å²) in [6.07, 6.45) is 0. The van der Waals surface area contributed by atoms with Crippen LogP contribution in [-0.2, 0) is 16.1 Å². The van der Waals surface area contributed by atoms with Crippen molar-refractivity contribution < 1.29 is 19.1 Å². The number of rotatable bonds is 4. The van der Waals surface area contributed by atoms with Crippen LogP contribution >= 0.6 is 0 Å². The number of aliphatic imine (C=N–C) groups is 1. The maximum absolute atomic E-state index is 11.7. The van der Waals surface area contributed by atoms with Gasteiger partial charge in [0.05, 0.1) is 13.7 Å². The molecule has 2 N–H and O–H groups in total. The fourth-order valence-corrected chi connectivity index (χ4v) is 1.94. The minimum atomic E-state index is -1.07. The van der Waals surface area contributed by atoms with Gasteiger partial charge in [-0.05, 0) is 24.6 Å². The van der Waals surface area contributed by atoms with Gasteiger partial charge in [0.25, 0.3) is 0 Å². The van der Waals surface area contributed by atoms with Gasteiger partial charge in [0.15, 0.2) is 5.92 Å².